The fraction of sp³-hybridized carbons (Fsp3) is 0.562. The third-order valence-corrected chi connectivity index (χ3v) is 3.17. The van der Waals surface area contributed by atoms with E-state index in [4.69, 9.17) is 4.74 Å². The van der Waals surface area contributed by atoms with Crippen LogP contribution in [0.15, 0.2) is 29.3 Å². The highest BCUT2D eigenvalue weighted by Crippen LogP contribution is 2.14. The number of hydrogen-bond donors (Lipinski definition) is 1. The first kappa shape index (κ1) is 20.1. The van der Waals surface area contributed by atoms with E-state index in [1.54, 1.807) is 14.2 Å². The molecule has 24 heavy (non-hydrogen) atoms. The van der Waals surface area contributed by atoms with Gasteiger partial charge in [-0.1, -0.05) is 12.1 Å². The van der Waals surface area contributed by atoms with Crippen molar-refractivity contribution in [2.45, 2.75) is 19.1 Å². The third-order valence-electron chi connectivity index (χ3n) is 3.17. The van der Waals surface area contributed by atoms with Crippen LogP contribution in [0, 0.1) is 0 Å². The minimum atomic E-state index is -4.28. The topological polar surface area (TPSA) is 46.1 Å². The van der Waals surface area contributed by atoms with Crippen LogP contribution in [0.5, 0.6) is 5.75 Å². The molecule has 136 valence electrons. The molecule has 0 saturated carbocycles. The Labute approximate surface area is 140 Å². The Hall–Kier alpha value is -1.96. The van der Waals surface area contributed by atoms with Gasteiger partial charge in [0.2, 0.25) is 0 Å². The van der Waals surface area contributed by atoms with Gasteiger partial charge >= 0.3 is 6.18 Å². The first-order chi connectivity index (χ1) is 11.4. The van der Waals surface area contributed by atoms with E-state index < -0.39 is 12.8 Å². The number of aliphatic imine (C=N–C) groups is 1. The largest absolute Gasteiger partial charge is 0.497 e. The van der Waals surface area contributed by atoms with Crippen molar-refractivity contribution in [3.8, 4) is 5.75 Å². The molecular formula is C16H24F3N3O2. The first-order valence-electron chi connectivity index (χ1n) is 7.55. The van der Waals surface area contributed by atoms with Crippen molar-refractivity contribution in [2.24, 2.45) is 4.99 Å². The SMILES string of the molecule is CN=C(NCCCOCC(F)(F)F)N(C)Cc1ccc(OC)cc1. The molecule has 1 rings (SSSR count). The lowest BCUT2D eigenvalue weighted by Crippen LogP contribution is -2.39. The maximum atomic E-state index is 11.9. The molecular weight excluding hydrogens is 323 g/mol. The van der Waals surface area contributed by atoms with Gasteiger partial charge in [-0.25, -0.2) is 0 Å². The highest BCUT2D eigenvalue weighted by molar-refractivity contribution is 5.79. The Bertz CT molecular complexity index is 504. The summed E-state index contributed by atoms with van der Waals surface area (Å²) < 4.78 is 45.5. The average molecular weight is 347 g/mol. The van der Waals surface area contributed by atoms with E-state index in [1.165, 1.54) is 0 Å². The summed E-state index contributed by atoms with van der Waals surface area (Å²) in [7, 11) is 5.16. The van der Waals surface area contributed by atoms with Gasteiger partial charge in [0.15, 0.2) is 5.96 Å². The number of alkyl halides is 3. The van der Waals surface area contributed by atoms with Gasteiger partial charge in [-0.05, 0) is 24.1 Å². The number of nitrogens with zero attached hydrogens (tertiary/aromatic N) is 2. The van der Waals surface area contributed by atoms with Crippen LogP contribution in [-0.4, -0.2) is 58.0 Å². The number of methoxy groups -OCH3 is 1. The van der Waals surface area contributed by atoms with E-state index in [1.807, 2.05) is 36.2 Å². The molecule has 8 heteroatoms. The molecule has 0 saturated heterocycles. The molecule has 0 aliphatic heterocycles. The Morgan fingerprint density at radius 3 is 2.46 bits per heavy atom. The Morgan fingerprint density at radius 2 is 1.92 bits per heavy atom. The standard InChI is InChI=1S/C16H24F3N3O2/c1-20-15(21-9-4-10-24-12-16(17,18)19)22(2)11-13-5-7-14(23-3)8-6-13/h5-8H,4,9-12H2,1-3H3,(H,20,21). The summed E-state index contributed by atoms with van der Waals surface area (Å²) in [4.78, 5) is 6.09. The molecule has 0 atom stereocenters. The summed E-state index contributed by atoms with van der Waals surface area (Å²) >= 11 is 0. The summed E-state index contributed by atoms with van der Waals surface area (Å²) in [6.07, 6.45) is -3.81. The Kier molecular flexibility index (Phi) is 8.39. The molecule has 5 nitrogen and oxygen atoms in total. The molecule has 0 bridgehead atoms. The third kappa shape index (κ3) is 8.05. The lowest BCUT2D eigenvalue weighted by molar-refractivity contribution is -0.173. The quantitative estimate of drug-likeness (QED) is 0.446. The molecule has 1 N–H and O–H groups in total. The number of halogens is 3. The van der Waals surface area contributed by atoms with E-state index in [9.17, 15) is 13.2 Å². The molecule has 1 aromatic rings. The van der Waals surface area contributed by atoms with Crippen LogP contribution >= 0.6 is 0 Å². The van der Waals surface area contributed by atoms with Gasteiger partial charge in [0.25, 0.3) is 0 Å². The number of nitrogens with one attached hydrogen (secondary N) is 1. The second kappa shape index (κ2) is 10.0. The number of benzene rings is 1. The zero-order valence-electron chi connectivity index (χ0n) is 14.2. The summed E-state index contributed by atoms with van der Waals surface area (Å²) in [6, 6.07) is 7.70. The molecule has 0 radical (unpaired) electrons. The summed E-state index contributed by atoms with van der Waals surface area (Å²) in [5.41, 5.74) is 1.09. The van der Waals surface area contributed by atoms with Crippen LogP contribution in [0.4, 0.5) is 13.2 Å². The number of rotatable bonds is 8. The highest BCUT2D eigenvalue weighted by Gasteiger charge is 2.27. The number of hydrogen-bond acceptors (Lipinski definition) is 3. The minimum absolute atomic E-state index is 0.0473. The molecule has 0 unspecified atom stereocenters. The molecule has 1 aromatic carbocycles. The minimum Gasteiger partial charge on any atom is -0.497 e. The van der Waals surface area contributed by atoms with Crippen LogP contribution in [0.2, 0.25) is 0 Å². The van der Waals surface area contributed by atoms with Gasteiger partial charge in [-0.3, -0.25) is 4.99 Å². The lowest BCUT2D eigenvalue weighted by atomic mass is 10.2. The maximum absolute atomic E-state index is 11.9. The summed E-state index contributed by atoms with van der Waals surface area (Å²) in [5.74, 6) is 1.46. The Morgan fingerprint density at radius 1 is 1.25 bits per heavy atom. The second-order valence-corrected chi connectivity index (χ2v) is 5.20. The van der Waals surface area contributed by atoms with Gasteiger partial charge in [0.1, 0.15) is 12.4 Å². The zero-order valence-corrected chi connectivity index (χ0v) is 14.2. The van der Waals surface area contributed by atoms with E-state index in [0.717, 1.165) is 11.3 Å². The summed E-state index contributed by atoms with van der Waals surface area (Å²) in [5, 5.41) is 3.10. The van der Waals surface area contributed by atoms with Gasteiger partial charge in [0.05, 0.1) is 7.11 Å². The molecule has 0 aliphatic rings. The van der Waals surface area contributed by atoms with Crippen molar-refractivity contribution in [1.82, 2.24) is 10.2 Å². The molecule has 0 spiro atoms. The fourth-order valence-corrected chi connectivity index (χ4v) is 2.03. The molecule has 0 aromatic heterocycles. The van der Waals surface area contributed by atoms with Crippen molar-refractivity contribution in [3.63, 3.8) is 0 Å². The molecule has 0 heterocycles. The van der Waals surface area contributed by atoms with Crippen LogP contribution in [0.25, 0.3) is 0 Å². The highest BCUT2D eigenvalue weighted by atomic mass is 19.4. The lowest BCUT2D eigenvalue weighted by Gasteiger charge is -2.22. The van der Waals surface area contributed by atoms with E-state index in [0.29, 0.717) is 25.5 Å². The molecule has 0 amide bonds. The van der Waals surface area contributed by atoms with Crippen LogP contribution in [0.3, 0.4) is 0 Å². The van der Waals surface area contributed by atoms with Gasteiger partial charge < -0.3 is 19.7 Å². The Balaban J connectivity index is 2.32. The smallest absolute Gasteiger partial charge is 0.411 e. The first-order valence-corrected chi connectivity index (χ1v) is 7.55. The molecule has 0 fully saturated rings. The number of ether oxygens (including phenoxy) is 2. The maximum Gasteiger partial charge on any atom is 0.411 e. The zero-order chi connectivity index (χ0) is 18.0. The van der Waals surface area contributed by atoms with Crippen LogP contribution in [-0.2, 0) is 11.3 Å². The molecule has 0 aliphatic carbocycles. The monoisotopic (exact) mass is 347 g/mol. The fourth-order valence-electron chi connectivity index (χ4n) is 2.03. The normalized spacial score (nSPS) is 12.2. The van der Waals surface area contributed by atoms with Gasteiger partial charge in [0, 0.05) is 33.8 Å². The van der Waals surface area contributed by atoms with E-state index in [2.05, 4.69) is 15.0 Å². The summed E-state index contributed by atoms with van der Waals surface area (Å²) in [6.45, 7) is -0.0312. The second-order valence-electron chi connectivity index (χ2n) is 5.20. The van der Waals surface area contributed by atoms with Crippen molar-refractivity contribution in [1.29, 1.82) is 0 Å². The predicted octanol–water partition coefficient (Wildman–Crippen LogP) is 2.67. The number of guanidine groups is 1. The van der Waals surface area contributed by atoms with E-state index in [-0.39, 0.29) is 6.61 Å². The van der Waals surface area contributed by atoms with Crippen molar-refractivity contribution in [3.05, 3.63) is 29.8 Å². The van der Waals surface area contributed by atoms with Crippen LogP contribution < -0.4 is 10.1 Å². The van der Waals surface area contributed by atoms with E-state index >= 15 is 0 Å². The van der Waals surface area contributed by atoms with Crippen molar-refractivity contribution < 1.29 is 22.6 Å². The van der Waals surface area contributed by atoms with Gasteiger partial charge in [-0.2, -0.15) is 13.2 Å². The predicted molar refractivity (Wildman–Crippen MR) is 87.3 cm³/mol. The van der Waals surface area contributed by atoms with Crippen LogP contribution in [0.1, 0.15) is 12.0 Å². The average Bonchev–Trinajstić information content (AvgIpc) is 2.53. The van der Waals surface area contributed by atoms with Crippen molar-refractivity contribution >= 4 is 5.96 Å². The van der Waals surface area contributed by atoms with Crippen molar-refractivity contribution in [2.75, 3.05) is 41.0 Å². The van der Waals surface area contributed by atoms with Gasteiger partial charge in [-0.15, -0.1) is 0 Å².